The topological polar surface area (TPSA) is 89.9 Å². The Morgan fingerprint density at radius 2 is 1.81 bits per heavy atom. The van der Waals surface area contributed by atoms with Crippen LogP contribution in [-0.4, -0.2) is 45.8 Å². The van der Waals surface area contributed by atoms with E-state index < -0.39 is 41.6 Å². The van der Waals surface area contributed by atoms with Crippen molar-refractivity contribution in [3.8, 4) is 0 Å². The van der Waals surface area contributed by atoms with Crippen LogP contribution in [0.3, 0.4) is 0 Å². The maximum absolute atomic E-state index is 13.0. The zero-order valence-electron chi connectivity index (χ0n) is 10.5. The Bertz CT molecular complexity index is 573. The van der Waals surface area contributed by atoms with Gasteiger partial charge in [0.2, 0.25) is 0 Å². The van der Waals surface area contributed by atoms with Gasteiger partial charge in [-0.1, -0.05) is 0 Å². The van der Waals surface area contributed by atoms with E-state index in [-0.39, 0.29) is 18.7 Å². The fraction of sp³-hybridized carbons (Fsp3) is 0.333. The minimum atomic E-state index is -1.67. The molecule has 114 valence electrons. The number of halogens is 3. The van der Waals surface area contributed by atoms with Crippen LogP contribution in [-0.2, 0) is 4.79 Å². The van der Waals surface area contributed by atoms with Gasteiger partial charge in [0.05, 0.1) is 6.10 Å². The Morgan fingerprint density at radius 3 is 2.33 bits per heavy atom. The molecule has 1 fully saturated rings. The van der Waals surface area contributed by atoms with Crippen LogP contribution in [0.25, 0.3) is 0 Å². The molecule has 0 aromatic heterocycles. The lowest BCUT2D eigenvalue weighted by Crippen LogP contribution is -2.43. The fourth-order valence-electron chi connectivity index (χ4n) is 2.10. The molecule has 2 rings (SSSR count). The number of likely N-dealkylation sites (tertiary alicyclic amines) is 1. The van der Waals surface area contributed by atoms with E-state index in [4.69, 9.17) is 5.11 Å². The number of anilines is 1. The number of β-amino-alcohol motifs (C(OH)–C–C–N with tert-alkyl or cyclic N) is 1. The molecule has 1 aromatic rings. The molecule has 0 aliphatic carbocycles. The Labute approximate surface area is 116 Å². The first kappa shape index (κ1) is 15.1. The molecule has 1 heterocycles. The molecule has 0 saturated carbocycles. The predicted octanol–water partition coefficient (Wildman–Crippen LogP) is 1.16. The first-order valence-corrected chi connectivity index (χ1v) is 5.92. The molecule has 1 aromatic carbocycles. The SMILES string of the molecule is O=C(O)[C@@H]1CC(O)CN1C(=O)Nc1cc(F)c(F)c(F)c1. The van der Waals surface area contributed by atoms with Crippen LogP contribution in [0.4, 0.5) is 23.7 Å². The quantitative estimate of drug-likeness (QED) is 0.715. The molecular formula is C12H11F3N2O4. The van der Waals surface area contributed by atoms with Crippen LogP contribution in [0.5, 0.6) is 0 Å². The molecule has 0 bridgehead atoms. The number of aliphatic hydroxyl groups is 1. The lowest BCUT2D eigenvalue weighted by atomic mass is 10.2. The fourth-order valence-corrected chi connectivity index (χ4v) is 2.10. The van der Waals surface area contributed by atoms with Crippen LogP contribution in [0.2, 0.25) is 0 Å². The number of nitrogens with one attached hydrogen (secondary N) is 1. The maximum Gasteiger partial charge on any atom is 0.326 e. The van der Waals surface area contributed by atoms with Crippen molar-refractivity contribution in [2.45, 2.75) is 18.6 Å². The minimum Gasteiger partial charge on any atom is -0.480 e. The van der Waals surface area contributed by atoms with Gasteiger partial charge >= 0.3 is 12.0 Å². The average molecular weight is 304 g/mol. The van der Waals surface area contributed by atoms with Crippen molar-refractivity contribution in [3.05, 3.63) is 29.6 Å². The molecule has 1 aliphatic rings. The van der Waals surface area contributed by atoms with E-state index in [9.17, 15) is 27.9 Å². The largest absolute Gasteiger partial charge is 0.480 e. The average Bonchev–Trinajstić information content (AvgIpc) is 2.78. The third-order valence-electron chi connectivity index (χ3n) is 3.06. The van der Waals surface area contributed by atoms with E-state index in [2.05, 4.69) is 5.32 Å². The number of rotatable bonds is 2. The molecular weight excluding hydrogens is 293 g/mol. The van der Waals surface area contributed by atoms with E-state index in [0.717, 1.165) is 4.90 Å². The first-order chi connectivity index (χ1) is 9.79. The summed E-state index contributed by atoms with van der Waals surface area (Å²) in [7, 11) is 0. The number of carbonyl (C=O) groups excluding carboxylic acids is 1. The van der Waals surface area contributed by atoms with Crippen molar-refractivity contribution in [1.82, 2.24) is 4.90 Å². The van der Waals surface area contributed by atoms with Gasteiger partial charge in [0.25, 0.3) is 0 Å². The number of carboxylic acids is 1. The summed E-state index contributed by atoms with van der Waals surface area (Å²) in [6.45, 7) is -0.227. The second kappa shape index (κ2) is 5.60. The predicted molar refractivity (Wildman–Crippen MR) is 64.1 cm³/mol. The van der Waals surface area contributed by atoms with Crippen LogP contribution in [0, 0.1) is 17.5 Å². The van der Waals surface area contributed by atoms with E-state index in [1.165, 1.54) is 0 Å². The number of benzene rings is 1. The highest BCUT2D eigenvalue weighted by atomic mass is 19.2. The van der Waals surface area contributed by atoms with E-state index >= 15 is 0 Å². The zero-order chi connectivity index (χ0) is 15.7. The summed E-state index contributed by atoms with van der Waals surface area (Å²) in [4.78, 5) is 23.7. The summed E-state index contributed by atoms with van der Waals surface area (Å²) in [5.74, 6) is -5.95. The van der Waals surface area contributed by atoms with Gasteiger partial charge in [-0.3, -0.25) is 0 Å². The highest BCUT2D eigenvalue weighted by Gasteiger charge is 2.39. The van der Waals surface area contributed by atoms with Crippen molar-refractivity contribution in [2.24, 2.45) is 0 Å². The number of hydrogen-bond acceptors (Lipinski definition) is 3. The standard InChI is InChI=1S/C12H11F3N2O4/c13-7-1-5(2-8(14)10(7)15)16-12(21)17-4-6(18)3-9(17)11(19)20/h1-2,6,9,18H,3-4H2,(H,16,21)(H,19,20)/t6?,9-/m0/s1. The van der Waals surface area contributed by atoms with Gasteiger partial charge in [-0.25, -0.2) is 22.8 Å². The summed E-state index contributed by atoms with van der Waals surface area (Å²) in [6, 6.07) is -1.06. The third-order valence-corrected chi connectivity index (χ3v) is 3.06. The third kappa shape index (κ3) is 3.07. The normalized spacial score (nSPS) is 21.4. The Balaban J connectivity index is 2.16. The molecule has 2 atom stereocenters. The lowest BCUT2D eigenvalue weighted by Gasteiger charge is -2.21. The number of carbonyl (C=O) groups is 2. The summed E-state index contributed by atoms with van der Waals surface area (Å²) in [5.41, 5.74) is -0.359. The maximum atomic E-state index is 13.0. The minimum absolute atomic E-state index is 0.144. The molecule has 2 amide bonds. The van der Waals surface area contributed by atoms with E-state index in [1.807, 2.05) is 0 Å². The van der Waals surface area contributed by atoms with Crippen LogP contribution >= 0.6 is 0 Å². The van der Waals surface area contributed by atoms with Crippen molar-refractivity contribution in [1.29, 1.82) is 0 Å². The highest BCUT2D eigenvalue weighted by Crippen LogP contribution is 2.21. The molecule has 1 saturated heterocycles. The van der Waals surface area contributed by atoms with Crippen molar-refractivity contribution < 1.29 is 33.0 Å². The number of hydrogen-bond donors (Lipinski definition) is 3. The van der Waals surface area contributed by atoms with Gasteiger partial charge < -0.3 is 20.4 Å². The van der Waals surface area contributed by atoms with Crippen molar-refractivity contribution in [2.75, 3.05) is 11.9 Å². The smallest absolute Gasteiger partial charge is 0.326 e. The summed E-state index contributed by atoms with van der Waals surface area (Å²) >= 11 is 0. The number of urea groups is 1. The van der Waals surface area contributed by atoms with E-state index in [0.29, 0.717) is 12.1 Å². The highest BCUT2D eigenvalue weighted by molar-refractivity contribution is 5.92. The Morgan fingerprint density at radius 1 is 1.24 bits per heavy atom. The van der Waals surface area contributed by atoms with Crippen molar-refractivity contribution in [3.63, 3.8) is 0 Å². The summed E-state index contributed by atoms with van der Waals surface area (Å²) in [6.07, 6.45) is -1.15. The van der Waals surface area contributed by atoms with Crippen LogP contribution < -0.4 is 5.32 Å². The van der Waals surface area contributed by atoms with Gasteiger partial charge in [-0.2, -0.15) is 0 Å². The molecule has 0 radical (unpaired) electrons. The van der Waals surface area contributed by atoms with Crippen molar-refractivity contribution >= 4 is 17.7 Å². The molecule has 0 spiro atoms. The number of aliphatic hydroxyl groups excluding tert-OH is 1. The second-order valence-electron chi connectivity index (χ2n) is 4.58. The van der Waals surface area contributed by atoms with Gasteiger partial charge in [-0.15, -0.1) is 0 Å². The lowest BCUT2D eigenvalue weighted by molar-refractivity contribution is -0.141. The Hall–Kier alpha value is -2.29. The monoisotopic (exact) mass is 304 g/mol. The number of nitrogens with zero attached hydrogens (tertiary/aromatic N) is 1. The van der Waals surface area contributed by atoms with Gasteiger partial charge in [0, 0.05) is 30.8 Å². The number of amides is 2. The molecule has 1 aliphatic heterocycles. The molecule has 9 heteroatoms. The summed E-state index contributed by atoms with van der Waals surface area (Å²) in [5, 5.41) is 20.4. The van der Waals surface area contributed by atoms with Crippen LogP contribution in [0.1, 0.15) is 6.42 Å². The van der Waals surface area contributed by atoms with Gasteiger partial charge in [-0.05, 0) is 0 Å². The first-order valence-electron chi connectivity index (χ1n) is 5.92. The van der Waals surface area contributed by atoms with E-state index in [1.54, 1.807) is 0 Å². The molecule has 21 heavy (non-hydrogen) atoms. The number of aliphatic carboxylic acids is 1. The summed E-state index contributed by atoms with van der Waals surface area (Å²) < 4.78 is 38.8. The second-order valence-corrected chi connectivity index (χ2v) is 4.58. The molecule has 6 nitrogen and oxygen atoms in total. The van der Waals surface area contributed by atoms with Crippen LogP contribution in [0.15, 0.2) is 12.1 Å². The van der Waals surface area contributed by atoms with Gasteiger partial charge in [0.15, 0.2) is 17.5 Å². The Kier molecular flexibility index (Phi) is 4.03. The van der Waals surface area contributed by atoms with Gasteiger partial charge in [0.1, 0.15) is 6.04 Å². The molecule has 1 unspecified atom stereocenters. The molecule has 3 N–H and O–H groups in total. The zero-order valence-corrected chi connectivity index (χ0v) is 10.5. The number of carboxylic acid groups (broad SMARTS) is 1.